The first-order chi connectivity index (χ1) is 10.1. The van der Waals surface area contributed by atoms with E-state index in [1.54, 1.807) is 4.90 Å². The average molecular weight is 291 g/mol. The summed E-state index contributed by atoms with van der Waals surface area (Å²) < 4.78 is 4.85. The Morgan fingerprint density at radius 2 is 2.33 bits per heavy atom. The fraction of sp³-hybridized carbons (Fsp3) is 0.467. The van der Waals surface area contributed by atoms with E-state index in [-0.39, 0.29) is 18.4 Å². The van der Waals surface area contributed by atoms with E-state index in [1.165, 1.54) is 7.11 Å². The first kappa shape index (κ1) is 15.5. The molecule has 2 amide bonds. The summed E-state index contributed by atoms with van der Waals surface area (Å²) in [5, 5.41) is 2.77. The third-order valence-electron chi connectivity index (χ3n) is 3.45. The standard InChI is InChI=1S/C15H21N3O3/c1-21-10-13(16)15(20)17-9-11-4-2-5-12(8-11)18-7-3-6-14(18)19/h2,4-5,8,13H,3,6-7,9-10,16H2,1H3,(H,17,20). The third-order valence-corrected chi connectivity index (χ3v) is 3.45. The van der Waals surface area contributed by atoms with Gasteiger partial charge in [0, 0.05) is 32.3 Å². The fourth-order valence-electron chi connectivity index (χ4n) is 2.33. The first-order valence-electron chi connectivity index (χ1n) is 7.03. The van der Waals surface area contributed by atoms with E-state index in [9.17, 15) is 9.59 Å². The summed E-state index contributed by atoms with van der Waals surface area (Å²) in [4.78, 5) is 25.2. The van der Waals surface area contributed by atoms with E-state index in [0.717, 1.165) is 24.2 Å². The highest BCUT2D eigenvalue weighted by molar-refractivity contribution is 5.95. The Bertz CT molecular complexity index is 519. The van der Waals surface area contributed by atoms with Crippen molar-refractivity contribution in [3.05, 3.63) is 29.8 Å². The maximum atomic E-state index is 11.7. The lowest BCUT2D eigenvalue weighted by Gasteiger charge is -2.17. The molecule has 1 aromatic rings. The third kappa shape index (κ3) is 4.03. The summed E-state index contributed by atoms with van der Waals surface area (Å²) >= 11 is 0. The molecule has 1 fully saturated rings. The Kier molecular flexibility index (Phi) is 5.30. The summed E-state index contributed by atoms with van der Waals surface area (Å²) in [6, 6.07) is 6.96. The van der Waals surface area contributed by atoms with Gasteiger partial charge in [0.25, 0.3) is 0 Å². The molecular formula is C15H21N3O3. The molecule has 1 heterocycles. The van der Waals surface area contributed by atoms with Crippen LogP contribution in [-0.4, -0.2) is 38.1 Å². The van der Waals surface area contributed by atoms with Gasteiger partial charge in [-0.1, -0.05) is 12.1 Å². The van der Waals surface area contributed by atoms with Crippen LogP contribution in [0.2, 0.25) is 0 Å². The molecule has 1 unspecified atom stereocenters. The smallest absolute Gasteiger partial charge is 0.239 e. The van der Waals surface area contributed by atoms with Gasteiger partial charge in [-0.3, -0.25) is 9.59 Å². The zero-order chi connectivity index (χ0) is 15.2. The second-order valence-corrected chi connectivity index (χ2v) is 5.10. The predicted molar refractivity (Wildman–Crippen MR) is 79.7 cm³/mol. The van der Waals surface area contributed by atoms with Crippen LogP contribution in [0, 0.1) is 0 Å². The Balaban J connectivity index is 1.95. The van der Waals surface area contributed by atoms with Crippen LogP contribution >= 0.6 is 0 Å². The number of nitrogens with two attached hydrogens (primary N) is 1. The maximum absolute atomic E-state index is 11.7. The number of nitrogens with one attached hydrogen (secondary N) is 1. The second kappa shape index (κ2) is 7.19. The van der Waals surface area contributed by atoms with Crippen LogP contribution in [0.3, 0.4) is 0 Å². The molecule has 0 saturated carbocycles. The van der Waals surface area contributed by atoms with Crippen molar-refractivity contribution in [1.82, 2.24) is 5.32 Å². The number of ether oxygens (including phenoxy) is 1. The largest absolute Gasteiger partial charge is 0.383 e. The SMILES string of the molecule is COCC(N)C(=O)NCc1cccc(N2CCCC2=O)c1. The number of benzene rings is 1. The molecule has 0 aliphatic carbocycles. The first-order valence-corrected chi connectivity index (χ1v) is 7.03. The number of rotatable bonds is 6. The highest BCUT2D eigenvalue weighted by Gasteiger charge is 2.21. The Morgan fingerprint density at radius 1 is 1.52 bits per heavy atom. The number of anilines is 1. The van der Waals surface area contributed by atoms with Crippen molar-refractivity contribution in [2.24, 2.45) is 5.73 Å². The van der Waals surface area contributed by atoms with Crippen molar-refractivity contribution in [2.75, 3.05) is 25.2 Å². The highest BCUT2D eigenvalue weighted by Crippen LogP contribution is 2.22. The molecule has 114 valence electrons. The number of hydrogen-bond acceptors (Lipinski definition) is 4. The number of methoxy groups -OCH3 is 1. The van der Waals surface area contributed by atoms with Crippen molar-refractivity contribution in [3.8, 4) is 0 Å². The molecule has 1 aliphatic rings. The molecule has 6 nitrogen and oxygen atoms in total. The monoisotopic (exact) mass is 291 g/mol. The predicted octanol–water partition coefficient (Wildman–Crippen LogP) is 0.403. The van der Waals surface area contributed by atoms with E-state index >= 15 is 0 Å². The Labute approximate surface area is 124 Å². The van der Waals surface area contributed by atoms with E-state index in [1.807, 2.05) is 24.3 Å². The number of carbonyl (C=O) groups is 2. The zero-order valence-corrected chi connectivity index (χ0v) is 12.2. The summed E-state index contributed by atoms with van der Waals surface area (Å²) in [7, 11) is 1.50. The minimum Gasteiger partial charge on any atom is -0.383 e. The van der Waals surface area contributed by atoms with Crippen molar-refractivity contribution in [1.29, 1.82) is 0 Å². The molecule has 1 aliphatic heterocycles. The molecule has 21 heavy (non-hydrogen) atoms. The van der Waals surface area contributed by atoms with Gasteiger partial charge in [0.05, 0.1) is 6.61 Å². The molecule has 0 spiro atoms. The number of hydrogen-bond donors (Lipinski definition) is 2. The van der Waals surface area contributed by atoms with Crippen molar-refractivity contribution in [3.63, 3.8) is 0 Å². The quantitative estimate of drug-likeness (QED) is 0.794. The van der Waals surface area contributed by atoms with Crippen LogP contribution in [0.1, 0.15) is 18.4 Å². The molecule has 0 bridgehead atoms. The molecule has 1 atom stereocenters. The second-order valence-electron chi connectivity index (χ2n) is 5.10. The van der Waals surface area contributed by atoms with Crippen LogP contribution in [0.5, 0.6) is 0 Å². The van der Waals surface area contributed by atoms with Crippen LogP contribution in [-0.2, 0) is 20.9 Å². The lowest BCUT2D eigenvalue weighted by molar-refractivity contribution is -0.123. The molecule has 1 aromatic carbocycles. The van der Waals surface area contributed by atoms with Crippen molar-refractivity contribution < 1.29 is 14.3 Å². The average Bonchev–Trinajstić information content (AvgIpc) is 2.91. The highest BCUT2D eigenvalue weighted by atomic mass is 16.5. The van der Waals surface area contributed by atoms with Gasteiger partial charge < -0.3 is 20.7 Å². The minimum absolute atomic E-state index is 0.151. The molecular weight excluding hydrogens is 270 g/mol. The van der Waals surface area contributed by atoms with Gasteiger partial charge in [-0.25, -0.2) is 0 Å². The van der Waals surface area contributed by atoms with E-state index in [4.69, 9.17) is 10.5 Å². The van der Waals surface area contributed by atoms with Gasteiger partial charge in [-0.05, 0) is 24.1 Å². The summed E-state index contributed by atoms with van der Waals surface area (Å²) in [6.45, 7) is 1.33. The van der Waals surface area contributed by atoms with Crippen LogP contribution < -0.4 is 16.0 Å². The van der Waals surface area contributed by atoms with Crippen LogP contribution in [0.4, 0.5) is 5.69 Å². The topological polar surface area (TPSA) is 84.7 Å². The molecule has 6 heteroatoms. The number of nitrogens with zero attached hydrogens (tertiary/aromatic N) is 1. The van der Waals surface area contributed by atoms with E-state index < -0.39 is 6.04 Å². The number of carbonyl (C=O) groups excluding carboxylic acids is 2. The minimum atomic E-state index is -0.668. The lowest BCUT2D eigenvalue weighted by Crippen LogP contribution is -2.43. The Morgan fingerprint density at radius 3 is 3.00 bits per heavy atom. The zero-order valence-electron chi connectivity index (χ0n) is 12.2. The van der Waals surface area contributed by atoms with Crippen molar-refractivity contribution >= 4 is 17.5 Å². The van der Waals surface area contributed by atoms with E-state index in [0.29, 0.717) is 13.0 Å². The van der Waals surface area contributed by atoms with Crippen LogP contribution in [0.25, 0.3) is 0 Å². The van der Waals surface area contributed by atoms with Crippen LogP contribution in [0.15, 0.2) is 24.3 Å². The molecule has 3 N–H and O–H groups in total. The Hall–Kier alpha value is -1.92. The van der Waals surface area contributed by atoms with Gasteiger partial charge in [-0.15, -0.1) is 0 Å². The lowest BCUT2D eigenvalue weighted by atomic mass is 10.2. The molecule has 0 aromatic heterocycles. The summed E-state index contributed by atoms with van der Waals surface area (Å²) in [6.07, 6.45) is 1.50. The van der Waals surface area contributed by atoms with Crippen molar-refractivity contribution in [2.45, 2.75) is 25.4 Å². The maximum Gasteiger partial charge on any atom is 0.239 e. The van der Waals surface area contributed by atoms with Gasteiger partial charge in [-0.2, -0.15) is 0 Å². The fourth-order valence-corrected chi connectivity index (χ4v) is 2.33. The molecule has 0 radical (unpaired) electrons. The number of amides is 2. The van der Waals surface area contributed by atoms with Gasteiger partial charge in [0.15, 0.2) is 0 Å². The van der Waals surface area contributed by atoms with Gasteiger partial charge in [0.2, 0.25) is 11.8 Å². The van der Waals surface area contributed by atoms with Gasteiger partial charge >= 0.3 is 0 Å². The van der Waals surface area contributed by atoms with E-state index in [2.05, 4.69) is 5.32 Å². The molecule has 1 saturated heterocycles. The molecule has 2 rings (SSSR count). The summed E-state index contributed by atoms with van der Waals surface area (Å²) in [5.41, 5.74) is 7.46. The summed E-state index contributed by atoms with van der Waals surface area (Å²) in [5.74, 6) is -0.0993. The van der Waals surface area contributed by atoms with Gasteiger partial charge in [0.1, 0.15) is 6.04 Å². The normalized spacial score (nSPS) is 16.1.